The van der Waals surface area contributed by atoms with Crippen molar-refractivity contribution in [2.24, 2.45) is 0 Å². The highest BCUT2D eigenvalue weighted by atomic mass is 16.5. The first-order valence-corrected chi connectivity index (χ1v) is 9.35. The molecule has 3 aromatic carbocycles. The molecule has 1 aliphatic rings. The molecule has 0 saturated heterocycles. The summed E-state index contributed by atoms with van der Waals surface area (Å²) in [7, 11) is 0. The van der Waals surface area contributed by atoms with Gasteiger partial charge in [-0.2, -0.15) is 0 Å². The van der Waals surface area contributed by atoms with Gasteiger partial charge in [-0.05, 0) is 53.9 Å². The largest absolute Gasteiger partial charge is 0.423 e. The molecule has 3 aromatic rings. The predicted molar refractivity (Wildman–Crippen MR) is 110 cm³/mol. The lowest BCUT2D eigenvalue weighted by atomic mass is 10.0. The fourth-order valence-electron chi connectivity index (χ4n) is 3.28. The van der Waals surface area contributed by atoms with E-state index >= 15 is 0 Å². The van der Waals surface area contributed by atoms with Crippen LogP contribution in [0.1, 0.15) is 56.4 Å². The maximum atomic E-state index is 12.7. The van der Waals surface area contributed by atoms with E-state index < -0.39 is 17.8 Å². The molecule has 0 unspecified atom stereocenters. The number of carbonyl (C=O) groups excluding carboxylic acids is 3. The third kappa shape index (κ3) is 3.43. The van der Waals surface area contributed by atoms with E-state index in [0.717, 1.165) is 10.5 Å². The SMILES string of the molecule is CC(C)c1ccc(OC(=O)c2cccc(N3C(=O)c4ccccc4C3=O)c2)cc1. The Morgan fingerprint density at radius 1 is 0.828 bits per heavy atom. The molecular weight excluding hydrogens is 366 g/mol. The van der Waals surface area contributed by atoms with Gasteiger partial charge in [0.25, 0.3) is 11.8 Å². The number of anilines is 1. The molecule has 2 amide bonds. The first-order chi connectivity index (χ1) is 14.0. The van der Waals surface area contributed by atoms with Crippen LogP contribution < -0.4 is 9.64 Å². The smallest absolute Gasteiger partial charge is 0.343 e. The minimum atomic E-state index is -0.555. The standard InChI is InChI=1S/C24H19NO4/c1-15(2)16-10-12-19(13-11-16)29-24(28)17-6-5-7-18(14-17)25-22(26)20-8-3-4-9-21(20)23(25)27/h3-15H,1-2H3. The number of ether oxygens (including phenoxy) is 1. The minimum absolute atomic E-state index is 0.256. The average molecular weight is 385 g/mol. The van der Waals surface area contributed by atoms with Crippen molar-refractivity contribution in [3.8, 4) is 5.75 Å². The number of fused-ring (bicyclic) bond motifs is 1. The van der Waals surface area contributed by atoms with Crippen LogP contribution in [-0.2, 0) is 0 Å². The van der Waals surface area contributed by atoms with Crippen LogP contribution in [0.25, 0.3) is 0 Å². The fraction of sp³-hybridized carbons (Fsp3) is 0.125. The van der Waals surface area contributed by atoms with Crippen LogP contribution in [0.3, 0.4) is 0 Å². The Bertz CT molecular complexity index is 1080. The van der Waals surface area contributed by atoms with E-state index in [-0.39, 0.29) is 5.56 Å². The van der Waals surface area contributed by atoms with Crippen LogP contribution in [0.2, 0.25) is 0 Å². The molecule has 5 nitrogen and oxygen atoms in total. The van der Waals surface area contributed by atoms with Crippen LogP contribution in [0.5, 0.6) is 5.75 Å². The highest BCUT2D eigenvalue weighted by Crippen LogP contribution is 2.29. The van der Waals surface area contributed by atoms with E-state index in [1.807, 2.05) is 12.1 Å². The zero-order chi connectivity index (χ0) is 20.5. The van der Waals surface area contributed by atoms with Gasteiger partial charge in [0.05, 0.1) is 22.4 Å². The molecular formula is C24H19NO4. The molecule has 0 atom stereocenters. The van der Waals surface area contributed by atoms with Crippen molar-refractivity contribution in [2.45, 2.75) is 19.8 Å². The molecule has 1 aliphatic heterocycles. The highest BCUT2D eigenvalue weighted by molar-refractivity contribution is 6.34. The van der Waals surface area contributed by atoms with Crippen molar-refractivity contribution in [1.29, 1.82) is 0 Å². The monoisotopic (exact) mass is 385 g/mol. The highest BCUT2D eigenvalue weighted by Gasteiger charge is 2.36. The summed E-state index contributed by atoms with van der Waals surface area (Å²) >= 11 is 0. The average Bonchev–Trinajstić information content (AvgIpc) is 2.99. The maximum absolute atomic E-state index is 12.7. The second kappa shape index (κ2) is 7.36. The summed E-state index contributed by atoms with van der Waals surface area (Å²) < 4.78 is 5.44. The number of rotatable bonds is 4. The topological polar surface area (TPSA) is 63.7 Å². The van der Waals surface area contributed by atoms with E-state index in [9.17, 15) is 14.4 Å². The van der Waals surface area contributed by atoms with Crippen LogP contribution in [0.15, 0.2) is 72.8 Å². The van der Waals surface area contributed by atoms with Gasteiger partial charge in [-0.15, -0.1) is 0 Å². The molecule has 0 aromatic heterocycles. The van der Waals surface area contributed by atoms with Crippen molar-refractivity contribution < 1.29 is 19.1 Å². The van der Waals surface area contributed by atoms with E-state index in [1.54, 1.807) is 54.6 Å². The molecule has 0 aliphatic carbocycles. The van der Waals surface area contributed by atoms with Crippen molar-refractivity contribution >= 4 is 23.5 Å². The maximum Gasteiger partial charge on any atom is 0.343 e. The molecule has 5 heteroatoms. The lowest BCUT2D eigenvalue weighted by Crippen LogP contribution is -2.29. The van der Waals surface area contributed by atoms with E-state index in [0.29, 0.717) is 28.5 Å². The molecule has 1 heterocycles. The molecule has 4 rings (SSSR count). The Morgan fingerprint density at radius 2 is 1.45 bits per heavy atom. The summed E-state index contributed by atoms with van der Waals surface area (Å²) in [6, 6.07) is 20.3. The Morgan fingerprint density at radius 3 is 2.03 bits per heavy atom. The molecule has 0 fully saturated rings. The predicted octanol–water partition coefficient (Wildman–Crippen LogP) is 4.83. The van der Waals surface area contributed by atoms with Gasteiger partial charge in [0, 0.05) is 0 Å². The number of nitrogens with zero attached hydrogens (tertiary/aromatic N) is 1. The van der Waals surface area contributed by atoms with E-state index in [4.69, 9.17) is 4.74 Å². The van der Waals surface area contributed by atoms with E-state index in [1.165, 1.54) is 6.07 Å². The third-order valence-corrected chi connectivity index (χ3v) is 4.89. The van der Waals surface area contributed by atoms with Gasteiger partial charge in [0.2, 0.25) is 0 Å². The van der Waals surface area contributed by atoms with Gasteiger partial charge in [-0.25, -0.2) is 9.69 Å². The first kappa shape index (κ1) is 18.6. The minimum Gasteiger partial charge on any atom is -0.423 e. The number of esters is 1. The summed E-state index contributed by atoms with van der Waals surface area (Å²) in [5.41, 5.74) is 2.46. The van der Waals surface area contributed by atoms with Crippen molar-refractivity contribution in [2.75, 3.05) is 4.90 Å². The van der Waals surface area contributed by atoms with Gasteiger partial charge < -0.3 is 4.74 Å². The lowest BCUT2D eigenvalue weighted by molar-refractivity contribution is 0.0733. The number of hydrogen-bond donors (Lipinski definition) is 0. The summed E-state index contributed by atoms with van der Waals surface area (Å²) in [6.45, 7) is 4.18. The second-order valence-corrected chi connectivity index (χ2v) is 7.15. The number of carbonyl (C=O) groups is 3. The van der Waals surface area contributed by atoms with Gasteiger partial charge in [0.15, 0.2) is 0 Å². The molecule has 144 valence electrons. The van der Waals surface area contributed by atoms with E-state index in [2.05, 4.69) is 13.8 Å². The molecule has 0 saturated carbocycles. The van der Waals surface area contributed by atoms with Crippen molar-refractivity contribution in [1.82, 2.24) is 0 Å². The number of imide groups is 1. The number of amides is 2. The zero-order valence-corrected chi connectivity index (χ0v) is 16.1. The van der Waals surface area contributed by atoms with Gasteiger partial charge in [-0.1, -0.05) is 44.2 Å². The molecule has 0 radical (unpaired) electrons. The molecule has 0 bridgehead atoms. The summed E-state index contributed by atoms with van der Waals surface area (Å²) in [6.07, 6.45) is 0. The number of benzene rings is 3. The van der Waals surface area contributed by atoms with Gasteiger partial charge in [-0.3, -0.25) is 9.59 Å². The van der Waals surface area contributed by atoms with Crippen LogP contribution in [0, 0.1) is 0 Å². The molecule has 0 spiro atoms. The van der Waals surface area contributed by atoms with Crippen LogP contribution in [-0.4, -0.2) is 17.8 Å². The Labute approximate surface area is 168 Å². The number of hydrogen-bond acceptors (Lipinski definition) is 4. The second-order valence-electron chi connectivity index (χ2n) is 7.15. The van der Waals surface area contributed by atoms with Gasteiger partial charge >= 0.3 is 5.97 Å². The lowest BCUT2D eigenvalue weighted by Gasteiger charge is -2.15. The molecule has 29 heavy (non-hydrogen) atoms. The Hall–Kier alpha value is -3.73. The van der Waals surface area contributed by atoms with Crippen molar-refractivity contribution in [3.05, 3.63) is 95.1 Å². The fourth-order valence-corrected chi connectivity index (χ4v) is 3.28. The summed E-state index contributed by atoms with van der Waals surface area (Å²) in [5, 5.41) is 0. The molecule has 0 N–H and O–H groups in total. The van der Waals surface area contributed by atoms with Crippen molar-refractivity contribution in [3.63, 3.8) is 0 Å². The normalized spacial score (nSPS) is 13.0. The summed E-state index contributed by atoms with van der Waals surface area (Å²) in [5.74, 6) is -0.539. The summed E-state index contributed by atoms with van der Waals surface area (Å²) in [4.78, 5) is 39.0. The van der Waals surface area contributed by atoms with Crippen LogP contribution >= 0.6 is 0 Å². The Balaban J connectivity index is 1.57. The van der Waals surface area contributed by atoms with Gasteiger partial charge in [0.1, 0.15) is 5.75 Å². The third-order valence-electron chi connectivity index (χ3n) is 4.89. The quantitative estimate of drug-likeness (QED) is 0.367. The first-order valence-electron chi connectivity index (χ1n) is 9.35. The van der Waals surface area contributed by atoms with Crippen LogP contribution in [0.4, 0.5) is 5.69 Å². The Kier molecular flexibility index (Phi) is 4.72. The zero-order valence-electron chi connectivity index (χ0n) is 16.1.